The summed E-state index contributed by atoms with van der Waals surface area (Å²) in [4.78, 5) is 12.9. The van der Waals surface area contributed by atoms with Gasteiger partial charge in [-0.1, -0.05) is 6.07 Å². The van der Waals surface area contributed by atoms with Crippen molar-refractivity contribution in [1.82, 2.24) is 20.6 Å². The summed E-state index contributed by atoms with van der Waals surface area (Å²) in [5.41, 5.74) is 1.97. The normalized spacial score (nSPS) is 13.9. The molecular weight excluding hydrogens is 445 g/mol. The van der Waals surface area contributed by atoms with Gasteiger partial charge in [0, 0.05) is 25.9 Å². The van der Waals surface area contributed by atoms with Gasteiger partial charge in [-0.2, -0.15) is 0 Å². The van der Waals surface area contributed by atoms with Crippen LogP contribution in [0.4, 0.5) is 0 Å². The van der Waals surface area contributed by atoms with Crippen LogP contribution >= 0.6 is 24.0 Å². The number of nitrogens with zero attached hydrogens (tertiary/aromatic N) is 3. The zero-order valence-corrected chi connectivity index (χ0v) is 17.7. The molecule has 0 amide bonds. The summed E-state index contributed by atoms with van der Waals surface area (Å²) in [6, 6.07) is 3.92. The largest absolute Gasteiger partial charge is 0.477 e. The summed E-state index contributed by atoms with van der Waals surface area (Å²) in [7, 11) is 1.73. The fourth-order valence-electron chi connectivity index (χ4n) is 2.27. The van der Waals surface area contributed by atoms with Crippen LogP contribution in [0, 0.1) is 19.8 Å². The maximum absolute atomic E-state index is 5.65. The molecule has 0 unspecified atom stereocenters. The Labute approximate surface area is 171 Å². The number of hydrogen-bond acceptors (Lipinski definition) is 5. The molecule has 2 aromatic heterocycles. The first-order valence-corrected chi connectivity index (χ1v) is 8.59. The number of rotatable bonds is 7. The number of aliphatic imine (C=N–C) groups is 1. The number of aryl methyl sites for hydroxylation is 2. The molecule has 0 atom stereocenters. The van der Waals surface area contributed by atoms with E-state index in [0.717, 1.165) is 29.5 Å². The highest BCUT2D eigenvalue weighted by Gasteiger charge is 2.22. The van der Waals surface area contributed by atoms with Crippen LogP contribution in [-0.4, -0.2) is 29.6 Å². The molecule has 26 heavy (non-hydrogen) atoms. The van der Waals surface area contributed by atoms with Crippen molar-refractivity contribution in [3.8, 4) is 5.88 Å². The second kappa shape index (κ2) is 9.75. The predicted octanol–water partition coefficient (Wildman–Crippen LogP) is 2.96. The summed E-state index contributed by atoms with van der Waals surface area (Å²) in [5.74, 6) is 3.59. The van der Waals surface area contributed by atoms with E-state index in [4.69, 9.17) is 9.15 Å². The van der Waals surface area contributed by atoms with Crippen LogP contribution in [0.1, 0.15) is 35.7 Å². The molecule has 2 aromatic rings. The average Bonchev–Trinajstić information content (AvgIpc) is 3.39. The van der Waals surface area contributed by atoms with Crippen molar-refractivity contribution >= 4 is 29.9 Å². The van der Waals surface area contributed by atoms with Crippen LogP contribution in [0.2, 0.25) is 0 Å². The topological polar surface area (TPSA) is 84.6 Å². The van der Waals surface area contributed by atoms with Crippen LogP contribution < -0.4 is 15.4 Å². The molecule has 0 spiro atoms. The van der Waals surface area contributed by atoms with Gasteiger partial charge < -0.3 is 19.8 Å². The van der Waals surface area contributed by atoms with Crippen LogP contribution in [0.3, 0.4) is 0 Å². The zero-order chi connectivity index (χ0) is 17.6. The molecule has 0 aliphatic heterocycles. The number of guanidine groups is 1. The Hall–Kier alpha value is -1.84. The van der Waals surface area contributed by atoms with Crippen molar-refractivity contribution in [2.75, 3.05) is 13.7 Å². The molecule has 1 saturated carbocycles. The molecule has 0 bridgehead atoms. The lowest BCUT2D eigenvalue weighted by atomic mass is 10.3. The number of nitrogens with one attached hydrogen (secondary N) is 2. The Bertz CT molecular complexity index is 706. The lowest BCUT2D eigenvalue weighted by Gasteiger charge is -2.11. The van der Waals surface area contributed by atoms with E-state index in [1.807, 2.05) is 32.2 Å². The minimum Gasteiger partial charge on any atom is -0.477 e. The quantitative estimate of drug-likeness (QED) is 0.367. The average molecular weight is 471 g/mol. The van der Waals surface area contributed by atoms with Crippen molar-refractivity contribution in [2.45, 2.75) is 39.8 Å². The van der Waals surface area contributed by atoms with Crippen LogP contribution in [0.15, 0.2) is 27.7 Å². The molecule has 1 aliphatic rings. The van der Waals surface area contributed by atoms with Crippen LogP contribution in [-0.2, 0) is 13.1 Å². The fourth-order valence-corrected chi connectivity index (χ4v) is 2.27. The maximum Gasteiger partial charge on any atom is 0.214 e. The van der Waals surface area contributed by atoms with E-state index in [2.05, 4.69) is 25.6 Å². The summed E-state index contributed by atoms with van der Waals surface area (Å²) < 4.78 is 11.2. The Morgan fingerprint density at radius 3 is 2.62 bits per heavy atom. The molecular formula is C18H26IN5O2. The monoisotopic (exact) mass is 471 g/mol. The smallest absolute Gasteiger partial charge is 0.214 e. The standard InChI is InChI=1S/C18H25N5O2.HI/c1-12-13(2)25-17(23-12)10-22-18(19-3)21-9-15-6-7-16(20-8-15)24-11-14-4-5-14;/h6-8,14H,4-5,9-11H2,1-3H3,(H2,19,21,22);1H. The molecule has 2 N–H and O–H groups in total. The number of oxazole rings is 1. The Morgan fingerprint density at radius 1 is 1.27 bits per heavy atom. The molecule has 8 heteroatoms. The SMILES string of the molecule is CN=C(NCc1ccc(OCC2CC2)nc1)NCc1nc(C)c(C)o1.I. The highest BCUT2D eigenvalue weighted by Crippen LogP contribution is 2.29. The lowest BCUT2D eigenvalue weighted by molar-refractivity contribution is 0.288. The van der Waals surface area contributed by atoms with E-state index >= 15 is 0 Å². The summed E-state index contributed by atoms with van der Waals surface area (Å²) in [6.45, 7) is 5.73. The van der Waals surface area contributed by atoms with E-state index in [-0.39, 0.29) is 24.0 Å². The lowest BCUT2D eigenvalue weighted by Crippen LogP contribution is -2.36. The predicted molar refractivity (Wildman–Crippen MR) is 111 cm³/mol. The number of ether oxygens (including phenoxy) is 1. The van der Waals surface area contributed by atoms with Gasteiger partial charge in [-0.15, -0.1) is 24.0 Å². The van der Waals surface area contributed by atoms with Gasteiger partial charge in [0.2, 0.25) is 11.8 Å². The molecule has 0 aromatic carbocycles. The van der Waals surface area contributed by atoms with Crippen molar-refractivity contribution < 1.29 is 9.15 Å². The third-order valence-electron chi connectivity index (χ3n) is 4.12. The zero-order valence-electron chi connectivity index (χ0n) is 15.4. The molecule has 1 aliphatic carbocycles. The molecule has 2 heterocycles. The Balaban J connectivity index is 0.00000243. The minimum absolute atomic E-state index is 0. The van der Waals surface area contributed by atoms with Crippen LogP contribution in [0.25, 0.3) is 0 Å². The third kappa shape index (κ3) is 6.15. The van der Waals surface area contributed by atoms with Gasteiger partial charge in [-0.25, -0.2) is 9.97 Å². The Morgan fingerprint density at radius 2 is 2.04 bits per heavy atom. The molecule has 7 nitrogen and oxygen atoms in total. The van der Waals surface area contributed by atoms with Gasteiger partial charge in [0.25, 0.3) is 0 Å². The number of hydrogen-bond donors (Lipinski definition) is 2. The van der Waals surface area contributed by atoms with E-state index in [0.29, 0.717) is 30.8 Å². The van der Waals surface area contributed by atoms with E-state index in [1.165, 1.54) is 12.8 Å². The summed E-state index contributed by atoms with van der Waals surface area (Å²) >= 11 is 0. The molecule has 1 fully saturated rings. The summed E-state index contributed by atoms with van der Waals surface area (Å²) in [5, 5.41) is 6.43. The van der Waals surface area contributed by atoms with Gasteiger partial charge in [0.15, 0.2) is 5.96 Å². The number of aromatic nitrogens is 2. The van der Waals surface area contributed by atoms with Gasteiger partial charge >= 0.3 is 0 Å². The molecule has 142 valence electrons. The van der Waals surface area contributed by atoms with E-state index in [9.17, 15) is 0 Å². The van der Waals surface area contributed by atoms with Gasteiger partial charge in [-0.05, 0) is 38.2 Å². The van der Waals surface area contributed by atoms with Crippen molar-refractivity contribution in [3.05, 3.63) is 41.2 Å². The Kier molecular flexibility index (Phi) is 7.67. The first kappa shape index (κ1) is 20.5. The second-order valence-corrected chi connectivity index (χ2v) is 6.29. The first-order valence-electron chi connectivity index (χ1n) is 8.59. The molecule has 3 rings (SSSR count). The minimum atomic E-state index is 0. The molecule has 0 saturated heterocycles. The molecule has 0 radical (unpaired) electrons. The van der Waals surface area contributed by atoms with E-state index in [1.54, 1.807) is 7.05 Å². The maximum atomic E-state index is 5.65. The van der Waals surface area contributed by atoms with Crippen molar-refractivity contribution in [2.24, 2.45) is 10.9 Å². The highest BCUT2D eigenvalue weighted by molar-refractivity contribution is 14.0. The number of pyridine rings is 1. The van der Waals surface area contributed by atoms with E-state index < -0.39 is 0 Å². The van der Waals surface area contributed by atoms with Crippen molar-refractivity contribution in [3.63, 3.8) is 0 Å². The second-order valence-electron chi connectivity index (χ2n) is 6.29. The number of halogens is 1. The van der Waals surface area contributed by atoms with Gasteiger partial charge in [0.05, 0.1) is 18.8 Å². The van der Waals surface area contributed by atoms with Crippen molar-refractivity contribution in [1.29, 1.82) is 0 Å². The van der Waals surface area contributed by atoms with Gasteiger partial charge in [0.1, 0.15) is 5.76 Å². The van der Waals surface area contributed by atoms with Gasteiger partial charge in [-0.3, -0.25) is 4.99 Å². The fraction of sp³-hybridized carbons (Fsp3) is 0.500. The highest BCUT2D eigenvalue weighted by atomic mass is 127. The van der Waals surface area contributed by atoms with Crippen LogP contribution in [0.5, 0.6) is 5.88 Å². The summed E-state index contributed by atoms with van der Waals surface area (Å²) in [6.07, 6.45) is 4.38. The first-order chi connectivity index (χ1) is 12.1. The third-order valence-corrected chi connectivity index (χ3v) is 4.12.